The summed E-state index contributed by atoms with van der Waals surface area (Å²) in [6.45, 7) is 4.55. The normalized spacial score (nSPS) is 10.7. The Morgan fingerprint density at radius 3 is 2.38 bits per heavy atom. The molecule has 0 aromatic heterocycles. The van der Waals surface area contributed by atoms with Crippen LogP contribution < -0.4 is 5.19 Å². The van der Waals surface area contributed by atoms with E-state index < -0.39 is 8.80 Å². The van der Waals surface area contributed by atoms with Gasteiger partial charge in [-0.1, -0.05) is 77.5 Å². The van der Waals surface area contributed by atoms with Gasteiger partial charge in [-0.15, -0.1) is 0 Å². The summed E-state index contributed by atoms with van der Waals surface area (Å²) in [5, 5.41) is 1.52. The Hall–Kier alpha value is -1.34. The summed E-state index contributed by atoms with van der Waals surface area (Å²) in [5.74, 6) is 0. The molecule has 2 aromatic rings. The molecule has 0 aliphatic carbocycles. The molecule has 1 radical (unpaired) electrons. The molecule has 81 valence electrons. The monoisotopic (exact) mass is 225 g/mol. The second-order valence-electron chi connectivity index (χ2n) is 4.31. The van der Waals surface area contributed by atoms with Crippen molar-refractivity contribution in [2.75, 3.05) is 0 Å². The van der Waals surface area contributed by atoms with Crippen molar-refractivity contribution in [2.24, 2.45) is 0 Å². The van der Waals surface area contributed by atoms with Gasteiger partial charge in [0, 0.05) is 0 Å². The molecule has 2 aromatic carbocycles. The number of hydrogen-bond donors (Lipinski definition) is 0. The number of aryl methyl sites for hydroxylation is 1. The van der Waals surface area contributed by atoms with E-state index in [9.17, 15) is 0 Å². The molecule has 0 atom stereocenters. The molecule has 0 N–H and O–H groups in total. The van der Waals surface area contributed by atoms with E-state index in [1.54, 1.807) is 0 Å². The first-order valence-electron chi connectivity index (χ1n) is 5.69. The third kappa shape index (κ3) is 2.83. The van der Waals surface area contributed by atoms with Crippen LogP contribution in [0.4, 0.5) is 0 Å². The molecule has 1 heteroatoms. The minimum Gasteiger partial charge on any atom is -0.0666 e. The lowest BCUT2D eigenvalue weighted by molar-refractivity contribution is 1.32. The molecular weight excluding hydrogens is 208 g/mol. The summed E-state index contributed by atoms with van der Waals surface area (Å²) in [5.41, 5.74) is 2.83. The highest BCUT2D eigenvalue weighted by molar-refractivity contribution is 6.71. The average molecular weight is 225 g/mol. The lowest BCUT2D eigenvalue weighted by Gasteiger charge is -2.10. The van der Waals surface area contributed by atoms with Crippen LogP contribution >= 0.6 is 0 Å². The van der Waals surface area contributed by atoms with Crippen LogP contribution in [0.3, 0.4) is 0 Å². The van der Waals surface area contributed by atoms with E-state index >= 15 is 0 Å². The average Bonchev–Trinajstić information content (AvgIpc) is 2.30. The third-order valence-electron chi connectivity index (χ3n) is 2.82. The molecule has 0 heterocycles. The van der Waals surface area contributed by atoms with Crippen LogP contribution in [0.15, 0.2) is 54.6 Å². The highest BCUT2D eigenvalue weighted by Gasteiger charge is 2.07. The van der Waals surface area contributed by atoms with Crippen LogP contribution in [0.5, 0.6) is 0 Å². The zero-order valence-corrected chi connectivity index (χ0v) is 10.9. The second-order valence-corrected chi connectivity index (χ2v) is 6.80. The van der Waals surface area contributed by atoms with Crippen LogP contribution in [0, 0.1) is 6.92 Å². The Morgan fingerprint density at radius 2 is 1.69 bits per heavy atom. The van der Waals surface area contributed by atoms with Crippen molar-refractivity contribution in [2.45, 2.75) is 19.5 Å². The molecule has 0 saturated carbocycles. The fourth-order valence-electron chi connectivity index (χ4n) is 1.95. The molecule has 16 heavy (non-hydrogen) atoms. The van der Waals surface area contributed by atoms with E-state index in [1.165, 1.54) is 22.4 Å². The highest BCUT2D eigenvalue weighted by atomic mass is 28.3. The summed E-state index contributed by atoms with van der Waals surface area (Å²) < 4.78 is 0. The van der Waals surface area contributed by atoms with Gasteiger partial charge in [-0.3, -0.25) is 0 Å². The smallest absolute Gasteiger partial charge is 0.0666 e. The fraction of sp³-hybridized carbons (Fsp3) is 0.200. The minimum absolute atomic E-state index is 0.436. The van der Waals surface area contributed by atoms with E-state index in [2.05, 4.69) is 68.1 Å². The largest absolute Gasteiger partial charge is 0.0869 e. The topological polar surface area (TPSA) is 0 Å². The zero-order chi connectivity index (χ0) is 11.4. The van der Waals surface area contributed by atoms with Crippen molar-refractivity contribution >= 4 is 14.0 Å². The fourth-order valence-corrected chi connectivity index (χ4v) is 3.75. The lowest BCUT2D eigenvalue weighted by Crippen LogP contribution is -2.28. The Bertz CT molecular complexity index is 448. The van der Waals surface area contributed by atoms with Gasteiger partial charge in [0.25, 0.3) is 0 Å². The van der Waals surface area contributed by atoms with Crippen LogP contribution in [0.25, 0.3) is 0 Å². The van der Waals surface area contributed by atoms with Gasteiger partial charge >= 0.3 is 0 Å². The minimum atomic E-state index is -0.436. The van der Waals surface area contributed by atoms with Gasteiger partial charge in [0.2, 0.25) is 0 Å². The molecule has 0 nitrogen and oxygen atoms in total. The van der Waals surface area contributed by atoms with Crippen molar-refractivity contribution < 1.29 is 0 Å². The van der Waals surface area contributed by atoms with Crippen LogP contribution in [-0.4, -0.2) is 8.80 Å². The van der Waals surface area contributed by atoms with Crippen molar-refractivity contribution in [3.05, 3.63) is 65.7 Å². The molecule has 0 saturated heterocycles. The van der Waals surface area contributed by atoms with Gasteiger partial charge in [-0.2, -0.15) is 0 Å². The standard InChI is InChI=1S/C15H17Si/c1-13-7-6-8-14(11-13)12-16(2)15-9-4-3-5-10-15/h3-11H,12H2,1-2H3. The quantitative estimate of drug-likeness (QED) is 0.704. The summed E-state index contributed by atoms with van der Waals surface area (Å²) in [6.07, 6.45) is 0. The Morgan fingerprint density at radius 1 is 0.938 bits per heavy atom. The molecule has 0 amide bonds. The van der Waals surface area contributed by atoms with Crippen LogP contribution in [0.2, 0.25) is 6.55 Å². The Labute approximate surface area is 99.6 Å². The predicted octanol–water partition coefficient (Wildman–Crippen LogP) is 3.11. The van der Waals surface area contributed by atoms with E-state index in [0.717, 1.165) is 0 Å². The maximum atomic E-state index is 2.39. The summed E-state index contributed by atoms with van der Waals surface area (Å²) in [4.78, 5) is 0. The van der Waals surface area contributed by atoms with Gasteiger partial charge in [-0.25, -0.2) is 0 Å². The van der Waals surface area contributed by atoms with E-state index in [0.29, 0.717) is 0 Å². The highest BCUT2D eigenvalue weighted by Crippen LogP contribution is 2.06. The summed E-state index contributed by atoms with van der Waals surface area (Å²) >= 11 is 0. The van der Waals surface area contributed by atoms with Crippen LogP contribution in [-0.2, 0) is 6.04 Å². The van der Waals surface area contributed by atoms with E-state index in [4.69, 9.17) is 0 Å². The molecule has 2 rings (SSSR count). The first kappa shape index (κ1) is 11.2. The Kier molecular flexibility index (Phi) is 3.57. The maximum absolute atomic E-state index is 2.39. The van der Waals surface area contributed by atoms with Crippen molar-refractivity contribution in [1.29, 1.82) is 0 Å². The third-order valence-corrected chi connectivity index (χ3v) is 5.08. The first-order chi connectivity index (χ1) is 7.75. The Balaban J connectivity index is 2.11. The number of benzene rings is 2. The SMILES string of the molecule is Cc1cccc(C[Si](C)c2ccccc2)c1. The van der Waals surface area contributed by atoms with E-state index in [1.807, 2.05) is 0 Å². The number of hydrogen-bond acceptors (Lipinski definition) is 0. The molecule has 0 unspecified atom stereocenters. The van der Waals surface area contributed by atoms with Gasteiger partial charge in [0.05, 0.1) is 8.80 Å². The molecular formula is C15H17Si. The molecule has 0 spiro atoms. The maximum Gasteiger partial charge on any atom is 0.0869 e. The van der Waals surface area contributed by atoms with Gasteiger partial charge < -0.3 is 0 Å². The summed E-state index contributed by atoms with van der Waals surface area (Å²) in [6, 6.07) is 21.0. The van der Waals surface area contributed by atoms with Crippen molar-refractivity contribution in [3.63, 3.8) is 0 Å². The van der Waals surface area contributed by atoms with Crippen molar-refractivity contribution in [1.82, 2.24) is 0 Å². The van der Waals surface area contributed by atoms with Gasteiger partial charge in [-0.05, 0) is 13.0 Å². The first-order valence-corrected chi connectivity index (χ1v) is 7.90. The predicted molar refractivity (Wildman–Crippen MR) is 72.6 cm³/mol. The molecule has 0 aliphatic heterocycles. The number of rotatable bonds is 3. The van der Waals surface area contributed by atoms with Crippen molar-refractivity contribution in [3.8, 4) is 0 Å². The van der Waals surface area contributed by atoms with E-state index in [-0.39, 0.29) is 0 Å². The molecule has 0 fully saturated rings. The zero-order valence-electron chi connectivity index (χ0n) is 9.90. The van der Waals surface area contributed by atoms with Gasteiger partial charge in [0.1, 0.15) is 0 Å². The lowest BCUT2D eigenvalue weighted by atomic mass is 10.2. The van der Waals surface area contributed by atoms with Gasteiger partial charge in [0.15, 0.2) is 0 Å². The van der Waals surface area contributed by atoms with Crippen LogP contribution in [0.1, 0.15) is 11.1 Å². The summed E-state index contributed by atoms with van der Waals surface area (Å²) in [7, 11) is -0.436. The molecule has 0 bridgehead atoms. The second kappa shape index (κ2) is 5.13. The molecule has 0 aliphatic rings.